The van der Waals surface area contributed by atoms with Crippen LogP contribution in [0.3, 0.4) is 0 Å². The summed E-state index contributed by atoms with van der Waals surface area (Å²) in [6, 6.07) is 0.770. The molecule has 1 amide bonds. The summed E-state index contributed by atoms with van der Waals surface area (Å²) in [7, 11) is 0. The number of aliphatic carboxylic acids is 1. The summed E-state index contributed by atoms with van der Waals surface area (Å²) >= 11 is 1.15. The summed E-state index contributed by atoms with van der Waals surface area (Å²) in [6.07, 6.45) is 3.85. The van der Waals surface area contributed by atoms with Crippen LogP contribution in [0.2, 0.25) is 0 Å². The lowest BCUT2D eigenvalue weighted by Gasteiger charge is -2.19. The van der Waals surface area contributed by atoms with Gasteiger partial charge in [0.05, 0.1) is 5.69 Å². The van der Waals surface area contributed by atoms with E-state index in [1.165, 1.54) is 0 Å². The maximum Gasteiger partial charge on any atom is 0.326 e. The molecule has 0 fully saturated rings. The average Bonchev–Trinajstić information content (AvgIpc) is 2.94. The highest BCUT2D eigenvalue weighted by Crippen LogP contribution is 2.25. The molecule has 2 aromatic rings. The smallest absolute Gasteiger partial charge is 0.326 e. The summed E-state index contributed by atoms with van der Waals surface area (Å²) in [4.78, 5) is 36.6. The van der Waals surface area contributed by atoms with Crippen molar-refractivity contribution in [3.63, 3.8) is 0 Å². The number of carbonyl (C=O) groups excluding carboxylic acids is 1. The standard InChI is InChI=1S/C15H18N4O3S/c1-4-8(2)10(15(21)22)19-13(20)11-9(3)18-14(23-11)12-16-6-5-7-17-12/h5-8,10H,4H2,1-3H3,(H,19,20)(H,21,22). The zero-order valence-electron chi connectivity index (χ0n) is 13.1. The van der Waals surface area contributed by atoms with Crippen molar-refractivity contribution in [2.45, 2.75) is 33.2 Å². The monoisotopic (exact) mass is 334 g/mol. The van der Waals surface area contributed by atoms with Gasteiger partial charge in [0, 0.05) is 12.4 Å². The van der Waals surface area contributed by atoms with Crippen molar-refractivity contribution in [1.29, 1.82) is 0 Å². The van der Waals surface area contributed by atoms with E-state index in [-0.39, 0.29) is 5.92 Å². The van der Waals surface area contributed by atoms with E-state index in [2.05, 4.69) is 20.3 Å². The van der Waals surface area contributed by atoms with Gasteiger partial charge in [0.2, 0.25) is 0 Å². The lowest BCUT2D eigenvalue weighted by atomic mass is 9.99. The molecular formula is C15H18N4O3S. The molecular weight excluding hydrogens is 316 g/mol. The zero-order valence-corrected chi connectivity index (χ0v) is 13.9. The Bertz CT molecular complexity index is 702. The molecule has 2 atom stereocenters. The highest BCUT2D eigenvalue weighted by Gasteiger charge is 2.27. The lowest BCUT2D eigenvalue weighted by molar-refractivity contribution is -0.140. The Morgan fingerprint density at radius 2 is 2.00 bits per heavy atom. The molecule has 7 nitrogen and oxygen atoms in total. The van der Waals surface area contributed by atoms with Gasteiger partial charge in [0.1, 0.15) is 10.9 Å². The SMILES string of the molecule is CCC(C)C(NC(=O)c1sc(-c2ncccn2)nc1C)C(=O)O. The number of nitrogens with zero attached hydrogens (tertiary/aromatic N) is 3. The van der Waals surface area contributed by atoms with Crippen LogP contribution in [0.15, 0.2) is 18.5 Å². The zero-order chi connectivity index (χ0) is 17.0. The van der Waals surface area contributed by atoms with E-state index >= 15 is 0 Å². The van der Waals surface area contributed by atoms with Crippen LogP contribution in [-0.4, -0.2) is 38.0 Å². The molecule has 0 bridgehead atoms. The van der Waals surface area contributed by atoms with Crippen LogP contribution in [-0.2, 0) is 4.79 Å². The van der Waals surface area contributed by atoms with Crippen LogP contribution >= 0.6 is 11.3 Å². The Morgan fingerprint density at radius 1 is 1.35 bits per heavy atom. The van der Waals surface area contributed by atoms with Crippen LogP contribution in [0.25, 0.3) is 10.8 Å². The molecule has 0 aliphatic carbocycles. The number of amides is 1. The molecule has 8 heteroatoms. The first kappa shape index (κ1) is 17.0. The van der Waals surface area contributed by atoms with Gasteiger partial charge in [-0.3, -0.25) is 4.79 Å². The molecule has 122 valence electrons. The number of rotatable bonds is 6. The van der Waals surface area contributed by atoms with Crippen LogP contribution in [0.5, 0.6) is 0 Å². The number of aryl methyl sites for hydroxylation is 1. The van der Waals surface area contributed by atoms with Gasteiger partial charge >= 0.3 is 5.97 Å². The van der Waals surface area contributed by atoms with Crippen molar-refractivity contribution >= 4 is 23.2 Å². The number of hydrogen-bond donors (Lipinski definition) is 2. The van der Waals surface area contributed by atoms with E-state index in [4.69, 9.17) is 0 Å². The average molecular weight is 334 g/mol. The summed E-state index contributed by atoms with van der Waals surface area (Å²) in [5, 5.41) is 12.4. The fourth-order valence-electron chi connectivity index (χ4n) is 2.00. The van der Waals surface area contributed by atoms with Gasteiger partial charge in [0.15, 0.2) is 10.8 Å². The van der Waals surface area contributed by atoms with E-state index in [1.54, 1.807) is 32.3 Å². The third-order valence-corrected chi connectivity index (χ3v) is 4.68. The van der Waals surface area contributed by atoms with Crippen LogP contribution in [0.1, 0.15) is 35.6 Å². The molecule has 2 heterocycles. The third-order valence-electron chi connectivity index (χ3n) is 3.53. The number of carboxylic acid groups (broad SMARTS) is 1. The summed E-state index contributed by atoms with van der Waals surface area (Å²) in [5.41, 5.74) is 0.531. The molecule has 2 aromatic heterocycles. The molecule has 2 N–H and O–H groups in total. The number of carbonyl (C=O) groups is 2. The second-order valence-corrected chi connectivity index (χ2v) is 6.18. The van der Waals surface area contributed by atoms with E-state index in [0.29, 0.717) is 27.8 Å². The van der Waals surface area contributed by atoms with E-state index in [0.717, 1.165) is 11.3 Å². The fraction of sp³-hybridized carbons (Fsp3) is 0.400. The molecule has 0 aliphatic heterocycles. The van der Waals surface area contributed by atoms with E-state index in [1.807, 2.05) is 6.92 Å². The molecule has 0 aromatic carbocycles. The summed E-state index contributed by atoms with van der Waals surface area (Å²) in [6.45, 7) is 5.38. The molecule has 0 spiro atoms. The van der Waals surface area contributed by atoms with Crippen LogP contribution in [0.4, 0.5) is 0 Å². The number of hydrogen-bond acceptors (Lipinski definition) is 6. The quantitative estimate of drug-likeness (QED) is 0.838. The lowest BCUT2D eigenvalue weighted by Crippen LogP contribution is -2.44. The number of nitrogens with one attached hydrogen (secondary N) is 1. The Balaban J connectivity index is 2.23. The van der Waals surface area contributed by atoms with Gasteiger partial charge < -0.3 is 10.4 Å². The van der Waals surface area contributed by atoms with Gasteiger partial charge in [-0.1, -0.05) is 20.3 Å². The largest absolute Gasteiger partial charge is 0.480 e. The highest BCUT2D eigenvalue weighted by molar-refractivity contribution is 7.17. The normalized spacial score (nSPS) is 13.3. The third kappa shape index (κ3) is 3.89. The van der Waals surface area contributed by atoms with Gasteiger partial charge in [-0.25, -0.2) is 19.7 Å². The second kappa shape index (κ2) is 7.28. The maximum absolute atomic E-state index is 12.4. The highest BCUT2D eigenvalue weighted by atomic mass is 32.1. The number of aromatic nitrogens is 3. The van der Waals surface area contributed by atoms with Crippen molar-refractivity contribution < 1.29 is 14.7 Å². The number of thiazole rings is 1. The predicted octanol–water partition coefficient (Wildman–Crippen LogP) is 2.14. The molecule has 0 aliphatic rings. The number of carboxylic acids is 1. The fourth-order valence-corrected chi connectivity index (χ4v) is 2.92. The Labute approximate surface area is 137 Å². The topological polar surface area (TPSA) is 105 Å². The molecule has 0 radical (unpaired) electrons. The Kier molecular flexibility index (Phi) is 5.38. The minimum absolute atomic E-state index is 0.165. The van der Waals surface area contributed by atoms with Gasteiger partial charge in [-0.05, 0) is 18.9 Å². The van der Waals surface area contributed by atoms with Crippen LogP contribution < -0.4 is 5.32 Å². The minimum atomic E-state index is -1.04. The Hall–Kier alpha value is -2.35. The minimum Gasteiger partial charge on any atom is -0.480 e. The first-order valence-electron chi connectivity index (χ1n) is 7.22. The van der Waals surface area contributed by atoms with E-state index in [9.17, 15) is 14.7 Å². The van der Waals surface area contributed by atoms with Crippen molar-refractivity contribution in [3.8, 4) is 10.8 Å². The Morgan fingerprint density at radius 3 is 2.57 bits per heavy atom. The first-order valence-corrected chi connectivity index (χ1v) is 8.04. The summed E-state index contributed by atoms with van der Waals surface area (Å²) < 4.78 is 0. The molecule has 0 saturated carbocycles. The van der Waals surface area contributed by atoms with Gasteiger partial charge in [0.25, 0.3) is 5.91 Å². The molecule has 2 rings (SSSR count). The van der Waals surface area contributed by atoms with Crippen LogP contribution in [0, 0.1) is 12.8 Å². The maximum atomic E-state index is 12.4. The van der Waals surface area contributed by atoms with Gasteiger partial charge in [-0.2, -0.15) is 0 Å². The first-order chi connectivity index (χ1) is 10.9. The van der Waals surface area contributed by atoms with E-state index < -0.39 is 17.9 Å². The molecule has 0 saturated heterocycles. The van der Waals surface area contributed by atoms with Crippen molar-refractivity contribution in [2.24, 2.45) is 5.92 Å². The van der Waals surface area contributed by atoms with Crippen molar-refractivity contribution in [1.82, 2.24) is 20.3 Å². The van der Waals surface area contributed by atoms with Gasteiger partial charge in [-0.15, -0.1) is 11.3 Å². The summed E-state index contributed by atoms with van der Waals surface area (Å²) in [5.74, 6) is -1.20. The second-order valence-electron chi connectivity index (χ2n) is 5.18. The molecule has 23 heavy (non-hydrogen) atoms. The van der Waals surface area contributed by atoms with Crippen molar-refractivity contribution in [2.75, 3.05) is 0 Å². The predicted molar refractivity (Wildman–Crippen MR) is 86.2 cm³/mol. The molecule has 2 unspecified atom stereocenters. The van der Waals surface area contributed by atoms with Crippen molar-refractivity contribution in [3.05, 3.63) is 29.0 Å².